The van der Waals surface area contributed by atoms with Crippen molar-refractivity contribution in [2.75, 3.05) is 0 Å². The van der Waals surface area contributed by atoms with Gasteiger partial charge in [0.2, 0.25) is 0 Å². The molecule has 258 valence electrons. The molecule has 0 amide bonds. The number of Topliss-reactive ketones (excluding diaryl/α,β-unsaturated/α-hetero) is 1. The average Bonchev–Trinajstić information content (AvgIpc) is 3.61. The second-order valence-electron chi connectivity index (χ2n) is 17.8. The molecule has 16 unspecified atom stereocenters. The van der Waals surface area contributed by atoms with Crippen molar-refractivity contribution in [1.29, 1.82) is 0 Å². The topological polar surface area (TPSA) is 38.8 Å². The van der Waals surface area contributed by atoms with Gasteiger partial charge in [-0.15, -0.1) is 0 Å². The lowest BCUT2D eigenvalue weighted by Crippen LogP contribution is -2.55. The summed E-state index contributed by atoms with van der Waals surface area (Å²) in [4.78, 5) is 16.9. The smallest absolute Gasteiger partial charge is 0.162 e. The fourth-order valence-corrected chi connectivity index (χ4v) is 13.8. The highest BCUT2D eigenvalue weighted by atomic mass is 19.2. The first-order valence-electron chi connectivity index (χ1n) is 20.0. The number of alkyl halides is 3. The third-order valence-corrected chi connectivity index (χ3v) is 15.9. The van der Waals surface area contributed by atoms with E-state index in [9.17, 15) is 18.0 Å². The van der Waals surface area contributed by atoms with Crippen LogP contribution in [0.3, 0.4) is 0 Å². The van der Waals surface area contributed by atoms with Crippen LogP contribution in [-0.2, 0) is 14.3 Å². The molecule has 0 aromatic carbocycles. The quantitative estimate of drug-likeness (QED) is 0.309. The molecule has 3 heterocycles. The maximum atomic E-state index is 14.7. The highest BCUT2D eigenvalue weighted by Crippen LogP contribution is 2.58. The van der Waals surface area contributed by atoms with E-state index in [2.05, 4.69) is 4.90 Å². The summed E-state index contributed by atoms with van der Waals surface area (Å²) in [6.45, 7) is 0. The van der Waals surface area contributed by atoms with E-state index in [-0.39, 0.29) is 36.4 Å². The Labute approximate surface area is 274 Å². The normalized spacial score (nSPS) is 55.9. The Balaban J connectivity index is 0.841. The van der Waals surface area contributed by atoms with E-state index in [1.807, 2.05) is 0 Å². The van der Waals surface area contributed by atoms with E-state index < -0.39 is 18.5 Å². The summed E-state index contributed by atoms with van der Waals surface area (Å²) in [6, 6.07) is 1.83. The van der Waals surface area contributed by atoms with E-state index >= 15 is 0 Å². The number of ketones is 1. The number of hydrogen-bond acceptors (Lipinski definition) is 4. The molecule has 4 nitrogen and oxygen atoms in total. The lowest BCUT2D eigenvalue weighted by molar-refractivity contribution is -0.163. The van der Waals surface area contributed by atoms with Crippen LogP contribution >= 0.6 is 0 Å². The number of halogens is 3. The molecule has 9 rings (SSSR count). The largest absolute Gasteiger partial charge is 0.374 e. The molecule has 9 fully saturated rings. The summed E-state index contributed by atoms with van der Waals surface area (Å²) >= 11 is 0. The summed E-state index contributed by atoms with van der Waals surface area (Å²) < 4.78 is 56.2. The first-order valence-corrected chi connectivity index (χ1v) is 20.0. The second-order valence-corrected chi connectivity index (χ2v) is 17.8. The van der Waals surface area contributed by atoms with Gasteiger partial charge in [-0.05, 0) is 138 Å². The van der Waals surface area contributed by atoms with Gasteiger partial charge in [-0.2, -0.15) is 0 Å². The molecule has 0 bridgehead atoms. The summed E-state index contributed by atoms with van der Waals surface area (Å²) in [5.74, 6) is 3.80. The highest BCUT2D eigenvalue weighted by Gasteiger charge is 2.59. The number of rotatable bonds is 3. The zero-order valence-electron chi connectivity index (χ0n) is 27.8. The Morgan fingerprint density at radius 3 is 2.11 bits per heavy atom. The molecule has 16 atom stereocenters. The van der Waals surface area contributed by atoms with Crippen LogP contribution in [0.15, 0.2) is 0 Å². The number of ether oxygens (including phenoxy) is 2. The van der Waals surface area contributed by atoms with Gasteiger partial charge in [-0.1, -0.05) is 25.7 Å². The van der Waals surface area contributed by atoms with Gasteiger partial charge in [0.1, 0.15) is 18.1 Å². The lowest BCUT2D eigenvalue weighted by atomic mass is 9.65. The van der Waals surface area contributed by atoms with Crippen molar-refractivity contribution in [3.63, 3.8) is 0 Å². The van der Waals surface area contributed by atoms with Crippen LogP contribution in [0.2, 0.25) is 0 Å². The van der Waals surface area contributed by atoms with Crippen molar-refractivity contribution in [1.82, 2.24) is 4.90 Å². The minimum Gasteiger partial charge on any atom is -0.374 e. The SMILES string of the molecule is O=C1CC(C2CCC(C3CCC(F)C(F)C3F)CC2)OC2CCC(N3C4CCCCC4C4CC5C(CC43)OC3CCCCC35)CC12. The predicted octanol–water partition coefficient (Wildman–Crippen LogP) is 8.34. The summed E-state index contributed by atoms with van der Waals surface area (Å²) in [5, 5.41) is 0. The van der Waals surface area contributed by atoms with Gasteiger partial charge >= 0.3 is 0 Å². The standard InChI is InChI=1S/C39H58F3NO3/c40-30-15-14-24(38(41)39(30)42)21-9-11-22(12-10-21)36-20-33(44)29-17-23(13-16-35(29)45-36)43-31-7-3-1-5-25(31)27-18-28-26-6-2-4-8-34(26)46-37(28)19-32(27)43/h21-32,34-39H,1-20H2. The van der Waals surface area contributed by atoms with Crippen LogP contribution in [0.25, 0.3) is 0 Å². The Kier molecular flexibility index (Phi) is 8.57. The Morgan fingerprint density at radius 2 is 1.26 bits per heavy atom. The molecular formula is C39H58F3NO3. The van der Waals surface area contributed by atoms with Crippen molar-refractivity contribution in [3.05, 3.63) is 0 Å². The fraction of sp³-hybridized carbons (Fsp3) is 0.974. The van der Waals surface area contributed by atoms with Crippen LogP contribution in [0, 0.1) is 47.3 Å². The molecule has 9 aliphatic rings. The van der Waals surface area contributed by atoms with Crippen molar-refractivity contribution in [2.24, 2.45) is 47.3 Å². The third-order valence-electron chi connectivity index (χ3n) is 15.9. The number of nitrogens with zero attached hydrogens (tertiary/aromatic N) is 1. The van der Waals surface area contributed by atoms with E-state index in [0.29, 0.717) is 54.9 Å². The monoisotopic (exact) mass is 645 g/mol. The van der Waals surface area contributed by atoms with Crippen LogP contribution in [0.5, 0.6) is 0 Å². The molecule has 7 heteroatoms. The molecule has 3 saturated heterocycles. The van der Waals surface area contributed by atoms with E-state index in [0.717, 1.165) is 68.6 Å². The van der Waals surface area contributed by atoms with E-state index in [4.69, 9.17) is 9.47 Å². The number of fused-ring (bicyclic) bond motifs is 7. The maximum absolute atomic E-state index is 14.7. The van der Waals surface area contributed by atoms with Crippen molar-refractivity contribution >= 4 is 5.78 Å². The van der Waals surface area contributed by atoms with Gasteiger partial charge in [-0.25, -0.2) is 13.2 Å². The molecule has 0 N–H and O–H groups in total. The fourth-order valence-electron chi connectivity index (χ4n) is 13.8. The average molecular weight is 646 g/mol. The van der Waals surface area contributed by atoms with E-state index in [1.165, 1.54) is 64.2 Å². The summed E-state index contributed by atoms with van der Waals surface area (Å²) in [7, 11) is 0. The Hall–Kier alpha value is -0.660. The summed E-state index contributed by atoms with van der Waals surface area (Å²) in [6.07, 6.45) is 16.9. The first kappa shape index (κ1) is 31.3. The molecule has 3 aliphatic heterocycles. The maximum Gasteiger partial charge on any atom is 0.162 e. The predicted molar refractivity (Wildman–Crippen MR) is 170 cm³/mol. The third kappa shape index (κ3) is 5.28. The van der Waals surface area contributed by atoms with E-state index in [1.54, 1.807) is 0 Å². The number of carbonyl (C=O) groups is 1. The molecule has 0 radical (unpaired) electrons. The second kappa shape index (κ2) is 12.6. The minimum absolute atomic E-state index is 0.0269. The Morgan fingerprint density at radius 1 is 0.522 bits per heavy atom. The van der Waals surface area contributed by atoms with Crippen LogP contribution in [0.1, 0.15) is 128 Å². The number of likely N-dealkylation sites (tertiary alicyclic amines) is 1. The molecule has 0 spiro atoms. The van der Waals surface area contributed by atoms with Crippen molar-refractivity contribution in [2.45, 2.75) is 189 Å². The zero-order valence-corrected chi connectivity index (χ0v) is 27.8. The molecule has 6 aliphatic carbocycles. The van der Waals surface area contributed by atoms with Gasteiger partial charge in [0.05, 0.1) is 24.4 Å². The first-order chi connectivity index (χ1) is 22.4. The minimum atomic E-state index is -1.96. The lowest BCUT2D eigenvalue weighted by Gasteiger charge is -2.49. The van der Waals surface area contributed by atoms with Gasteiger partial charge < -0.3 is 9.47 Å². The molecule has 6 saturated carbocycles. The van der Waals surface area contributed by atoms with Gasteiger partial charge in [-0.3, -0.25) is 9.69 Å². The van der Waals surface area contributed by atoms with Gasteiger partial charge in [0.15, 0.2) is 6.17 Å². The zero-order chi connectivity index (χ0) is 31.1. The number of carbonyl (C=O) groups excluding carboxylic acids is 1. The molecule has 46 heavy (non-hydrogen) atoms. The summed E-state index contributed by atoms with van der Waals surface area (Å²) in [5.41, 5.74) is 0. The van der Waals surface area contributed by atoms with Crippen LogP contribution in [0.4, 0.5) is 13.2 Å². The van der Waals surface area contributed by atoms with Crippen LogP contribution in [-0.4, -0.2) is 71.7 Å². The van der Waals surface area contributed by atoms with Crippen LogP contribution < -0.4 is 0 Å². The highest BCUT2D eigenvalue weighted by molar-refractivity contribution is 5.83. The molecular weight excluding hydrogens is 587 g/mol. The van der Waals surface area contributed by atoms with Gasteiger partial charge in [0, 0.05) is 30.5 Å². The van der Waals surface area contributed by atoms with Crippen molar-refractivity contribution in [3.8, 4) is 0 Å². The van der Waals surface area contributed by atoms with Gasteiger partial charge in [0.25, 0.3) is 0 Å². The van der Waals surface area contributed by atoms with Crippen molar-refractivity contribution < 1.29 is 27.4 Å². The molecule has 0 aromatic heterocycles. The molecule has 0 aromatic rings. The number of hydrogen-bond donors (Lipinski definition) is 0. The Bertz CT molecular complexity index is 1120.